The molecule has 1 atom stereocenters. The summed E-state index contributed by atoms with van der Waals surface area (Å²) in [7, 11) is 0. The summed E-state index contributed by atoms with van der Waals surface area (Å²) < 4.78 is 6.03. The first-order valence-corrected chi connectivity index (χ1v) is 7.34. The van der Waals surface area contributed by atoms with E-state index in [9.17, 15) is 0 Å². The predicted octanol–water partition coefficient (Wildman–Crippen LogP) is 4.14. The fraction of sp³-hybridized carbons (Fsp3) is 0.278. The Morgan fingerprint density at radius 2 is 1.81 bits per heavy atom. The summed E-state index contributed by atoms with van der Waals surface area (Å²) in [6, 6.07) is 14.5. The molecule has 1 unspecified atom stereocenters. The first-order chi connectivity index (χ1) is 10.2. The maximum Gasteiger partial charge on any atom is 0.134 e. The highest BCUT2D eigenvalue weighted by Gasteiger charge is 2.18. The number of nitrogens with zero attached hydrogens (tertiary/aromatic N) is 1. The van der Waals surface area contributed by atoms with Crippen LogP contribution in [0.5, 0.6) is 0 Å². The second-order valence-electron chi connectivity index (χ2n) is 5.36. The van der Waals surface area contributed by atoms with Crippen molar-refractivity contribution in [1.29, 1.82) is 0 Å². The number of aromatic nitrogens is 1. The summed E-state index contributed by atoms with van der Waals surface area (Å²) in [5.41, 5.74) is 4.19. The highest BCUT2D eigenvalue weighted by atomic mass is 16.3. The SMILES string of the molecule is CCNC(c1cc(C)nc(C)c1)c1cc2ccccc2o1. The van der Waals surface area contributed by atoms with E-state index >= 15 is 0 Å². The lowest BCUT2D eigenvalue weighted by atomic mass is 10.0. The van der Waals surface area contributed by atoms with Crippen LogP contribution in [0.4, 0.5) is 0 Å². The average molecular weight is 280 g/mol. The van der Waals surface area contributed by atoms with Crippen LogP contribution in [0.1, 0.15) is 35.7 Å². The number of pyridine rings is 1. The van der Waals surface area contributed by atoms with Gasteiger partial charge in [-0.25, -0.2) is 0 Å². The number of fused-ring (bicyclic) bond motifs is 1. The Hall–Kier alpha value is -2.13. The molecule has 0 aliphatic heterocycles. The van der Waals surface area contributed by atoms with E-state index in [4.69, 9.17) is 4.42 Å². The zero-order valence-electron chi connectivity index (χ0n) is 12.7. The van der Waals surface area contributed by atoms with Gasteiger partial charge in [0.15, 0.2) is 0 Å². The number of rotatable bonds is 4. The van der Waals surface area contributed by atoms with Crippen LogP contribution in [0.2, 0.25) is 0 Å². The smallest absolute Gasteiger partial charge is 0.134 e. The molecule has 108 valence electrons. The van der Waals surface area contributed by atoms with Gasteiger partial charge in [0.05, 0.1) is 6.04 Å². The van der Waals surface area contributed by atoms with Crippen LogP contribution < -0.4 is 5.32 Å². The van der Waals surface area contributed by atoms with Crippen LogP contribution in [0.25, 0.3) is 11.0 Å². The minimum atomic E-state index is 0.0581. The van der Waals surface area contributed by atoms with Crippen molar-refractivity contribution >= 4 is 11.0 Å². The number of furan rings is 1. The Morgan fingerprint density at radius 1 is 1.10 bits per heavy atom. The molecule has 3 aromatic rings. The molecule has 21 heavy (non-hydrogen) atoms. The van der Waals surface area contributed by atoms with Crippen molar-refractivity contribution in [2.45, 2.75) is 26.8 Å². The van der Waals surface area contributed by atoms with Crippen LogP contribution in [0.3, 0.4) is 0 Å². The number of benzene rings is 1. The van der Waals surface area contributed by atoms with Crippen LogP contribution in [0, 0.1) is 13.8 Å². The minimum absolute atomic E-state index is 0.0581. The standard InChI is InChI=1S/C18H20N2O/c1-4-19-18(15-9-12(2)20-13(3)10-15)17-11-14-7-5-6-8-16(14)21-17/h5-11,18-19H,4H2,1-3H3. The summed E-state index contributed by atoms with van der Waals surface area (Å²) in [6.45, 7) is 7.04. The second-order valence-corrected chi connectivity index (χ2v) is 5.36. The molecule has 0 spiro atoms. The Bertz CT molecular complexity index is 708. The average Bonchev–Trinajstić information content (AvgIpc) is 2.87. The van der Waals surface area contributed by atoms with Gasteiger partial charge in [0.25, 0.3) is 0 Å². The van der Waals surface area contributed by atoms with Crippen LogP contribution in [-0.2, 0) is 0 Å². The van der Waals surface area contributed by atoms with E-state index in [1.165, 1.54) is 5.56 Å². The van der Waals surface area contributed by atoms with Crippen LogP contribution >= 0.6 is 0 Å². The third kappa shape index (κ3) is 2.83. The summed E-state index contributed by atoms with van der Waals surface area (Å²) in [5.74, 6) is 0.947. The van der Waals surface area contributed by atoms with Gasteiger partial charge in [0, 0.05) is 16.8 Å². The molecule has 2 heterocycles. The van der Waals surface area contributed by atoms with Gasteiger partial charge in [-0.15, -0.1) is 0 Å². The maximum absolute atomic E-state index is 6.03. The first kappa shape index (κ1) is 13.8. The normalized spacial score (nSPS) is 12.7. The lowest BCUT2D eigenvalue weighted by molar-refractivity contribution is 0.476. The van der Waals surface area contributed by atoms with E-state index in [1.807, 2.05) is 32.0 Å². The molecule has 1 aromatic carbocycles. The Kier molecular flexibility index (Phi) is 3.76. The molecular formula is C18H20N2O. The molecule has 3 nitrogen and oxygen atoms in total. The lowest BCUT2D eigenvalue weighted by Crippen LogP contribution is -2.21. The first-order valence-electron chi connectivity index (χ1n) is 7.34. The largest absolute Gasteiger partial charge is 0.459 e. The minimum Gasteiger partial charge on any atom is -0.459 e. The fourth-order valence-electron chi connectivity index (χ4n) is 2.76. The van der Waals surface area contributed by atoms with Crippen molar-refractivity contribution in [3.05, 3.63) is 65.2 Å². The number of nitrogens with one attached hydrogen (secondary N) is 1. The summed E-state index contributed by atoms with van der Waals surface area (Å²) >= 11 is 0. The fourth-order valence-corrected chi connectivity index (χ4v) is 2.76. The number of hydrogen-bond donors (Lipinski definition) is 1. The van der Waals surface area contributed by atoms with Crippen molar-refractivity contribution in [2.75, 3.05) is 6.54 Å². The molecule has 0 aliphatic rings. The van der Waals surface area contributed by atoms with Gasteiger partial charge in [0.1, 0.15) is 11.3 Å². The summed E-state index contributed by atoms with van der Waals surface area (Å²) in [6.07, 6.45) is 0. The Balaban J connectivity index is 2.08. The third-order valence-corrected chi connectivity index (χ3v) is 3.57. The Labute approximate surface area is 125 Å². The van der Waals surface area contributed by atoms with E-state index < -0.39 is 0 Å². The highest BCUT2D eigenvalue weighted by Crippen LogP contribution is 2.28. The van der Waals surface area contributed by atoms with E-state index in [2.05, 4.69) is 41.5 Å². The molecule has 0 aliphatic carbocycles. The lowest BCUT2D eigenvalue weighted by Gasteiger charge is -2.17. The zero-order chi connectivity index (χ0) is 14.8. The van der Waals surface area contributed by atoms with Crippen molar-refractivity contribution in [3.63, 3.8) is 0 Å². The van der Waals surface area contributed by atoms with E-state index in [1.54, 1.807) is 0 Å². The number of hydrogen-bond acceptors (Lipinski definition) is 3. The molecule has 0 radical (unpaired) electrons. The third-order valence-electron chi connectivity index (χ3n) is 3.57. The molecule has 0 bridgehead atoms. The van der Waals surface area contributed by atoms with E-state index in [-0.39, 0.29) is 6.04 Å². The number of para-hydroxylation sites is 1. The quantitative estimate of drug-likeness (QED) is 0.780. The molecule has 3 rings (SSSR count). The van der Waals surface area contributed by atoms with Gasteiger partial charge in [-0.1, -0.05) is 25.1 Å². The summed E-state index contributed by atoms with van der Waals surface area (Å²) in [5, 5.41) is 4.65. The Morgan fingerprint density at radius 3 is 2.48 bits per heavy atom. The van der Waals surface area contributed by atoms with Crippen LogP contribution in [0.15, 0.2) is 46.9 Å². The predicted molar refractivity (Wildman–Crippen MR) is 85.4 cm³/mol. The van der Waals surface area contributed by atoms with Gasteiger partial charge < -0.3 is 9.73 Å². The van der Waals surface area contributed by atoms with Gasteiger partial charge in [-0.05, 0) is 50.2 Å². The van der Waals surface area contributed by atoms with E-state index in [0.717, 1.165) is 34.7 Å². The summed E-state index contributed by atoms with van der Waals surface area (Å²) in [4.78, 5) is 4.45. The molecule has 1 N–H and O–H groups in total. The number of aryl methyl sites for hydroxylation is 2. The highest BCUT2D eigenvalue weighted by molar-refractivity contribution is 5.78. The molecular weight excluding hydrogens is 260 g/mol. The van der Waals surface area contributed by atoms with Crippen LogP contribution in [-0.4, -0.2) is 11.5 Å². The van der Waals surface area contributed by atoms with Gasteiger partial charge in [-0.3, -0.25) is 4.98 Å². The van der Waals surface area contributed by atoms with Crippen molar-refractivity contribution in [3.8, 4) is 0 Å². The monoisotopic (exact) mass is 280 g/mol. The topological polar surface area (TPSA) is 38.1 Å². The van der Waals surface area contributed by atoms with Gasteiger partial charge >= 0.3 is 0 Å². The van der Waals surface area contributed by atoms with Crippen molar-refractivity contribution in [1.82, 2.24) is 10.3 Å². The van der Waals surface area contributed by atoms with Crippen molar-refractivity contribution < 1.29 is 4.42 Å². The molecule has 0 saturated carbocycles. The van der Waals surface area contributed by atoms with Crippen molar-refractivity contribution in [2.24, 2.45) is 0 Å². The van der Waals surface area contributed by atoms with E-state index in [0.29, 0.717) is 0 Å². The molecule has 0 amide bonds. The molecule has 0 fully saturated rings. The molecule has 3 heteroatoms. The molecule has 2 aromatic heterocycles. The zero-order valence-corrected chi connectivity index (χ0v) is 12.7. The van der Waals surface area contributed by atoms with Gasteiger partial charge in [0.2, 0.25) is 0 Å². The van der Waals surface area contributed by atoms with Gasteiger partial charge in [-0.2, -0.15) is 0 Å². The maximum atomic E-state index is 6.03. The second kappa shape index (κ2) is 5.70. The molecule has 0 saturated heterocycles.